The minimum atomic E-state index is 0.0313. The average molecular weight is 171 g/mol. The van der Waals surface area contributed by atoms with Crippen molar-refractivity contribution < 1.29 is 9.53 Å². The van der Waals surface area contributed by atoms with E-state index in [4.69, 9.17) is 4.74 Å². The molecule has 0 heterocycles. The lowest BCUT2D eigenvalue weighted by atomic mass is 10.2. The van der Waals surface area contributed by atoms with Gasteiger partial charge in [0.1, 0.15) is 6.61 Å². The van der Waals surface area contributed by atoms with Gasteiger partial charge >= 0.3 is 0 Å². The molecule has 0 aliphatic heterocycles. The Bertz CT molecular complexity index is 141. The fourth-order valence-electron chi connectivity index (χ4n) is 1.53. The molecule has 0 atom stereocenters. The second-order valence-corrected chi connectivity index (χ2v) is 3.19. The molecule has 0 aromatic rings. The first-order valence-corrected chi connectivity index (χ1v) is 4.70. The summed E-state index contributed by atoms with van der Waals surface area (Å²) < 4.78 is 4.99. The van der Waals surface area contributed by atoms with Gasteiger partial charge in [0.2, 0.25) is 5.91 Å². The Morgan fingerprint density at radius 2 is 2.17 bits per heavy atom. The molecule has 12 heavy (non-hydrogen) atoms. The summed E-state index contributed by atoms with van der Waals surface area (Å²) in [6.45, 7) is 2.72. The van der Waals surface area contributed by atoms with Crippen LogP contribution in [0.25, 0.3) is 0 Å². The molecule has 0 bridgehead atoms. The molecule has 1 N–H and O–H groups in total. The van der Waals surface area contributed by atoms with Crippen LogP contribution in [0.2, 0.25) is 0 Å². The summed E-state index contributed by atoms with van der Waals surface area (Å²) in [6, 6.07) is 0.415. The van der Waals surface area contributed by atoms with Gasteiger partial charge in [-0.25, -0.2) is 0 Å². The Labute approximate surface area is 73.5 Å². The van der Waals surface area contributed by atoms with Gasteiger partial charge in [-0.05, 0) is 19.8 Å². The van der Waals surface area contributed by atoms with Crippen LogP contribution in [0.15, 0.2) is 0 Å². The fourth-order valence-corrected chi connectivity index (χ4v) is 1.53. The third-order valence-corrected chi connectivity index (χ3v) is 2.16. The van der Waals surface area contributed by atoms with Crippen LogP contribution in [-0.2, 0) is 9.53 Å². The van der Waals surface area contributed by atoms with Crippen LogP contribution in [0.5, 0.6) is 0 Å². The minimum absolute atomic E-state index is 0.0313. The first-order valence-electron chi connectivity index (χ1n) is 4.70. The number of hydrogen-bond acceptors (Lipinski definition) is 2. The highest BCUT2D eigenvalue weighted by Gasteiger charge is 2.16. The van der Waals surface area contributed by atoms with Crippen LogP contribution in [0.1, 0.15) is 32.6 Å². The van der Waals surface area contributed by atoms with Crippen molar-refractivity contribution >= 4 is 5.91 Å². The van der Waals surface area contributed by atoms with Crippen molar-refractivity contribution in [1.29, 1.82) is 0 Å². The molecule has 1 aliphatic carbocycles. The Morgan fingerprint density at radius 1 is 1.50 bits per heavy atom. The van der Waals surface area contributed by atoms with Gasteiger partial charge in [0.15, 0.2) is 0 Å². The van der Waals surface area contributed by atoms with E-state index in [9.17, 15) is 4.79 Å². The Morgan fingerprint density at radius 3 is 2.75 bits per heavy atom. The van der Waals surface area contributed by atoms with Gasteiger partial charge < -0.3 is 10.1 Å². The van der Waals surface area contributed by atoms with Crippen LogP contribution in [0.4, 0.5) is 0 Å². The smallest absolute Gasteiger partial charge is 0.246 e. The second-order valence-electron chi connectivity index (χ2n) is 3.19. The van der Waals surface area contributed by atoms with Crippen LogP contribution in [-0.4, -0.2) is 25.2 Å². The lowest BCUT2D eigenvalue weighted by molar-refractivity contribution is -0.126. The zero-order chi connectivity index (χ0) is 8.81. The maximum absolute atomic E-state index is 11.1. The summed E-state index contributed by atoms with van der Waals surface area (Å²) >= 11 is 0. The maximum Gasteiger partial charge on any atom is 0.246 e. The number of amides is 1. The molecule has 1 saturated carbocycles. The molecule has 0 saturated heterocycles. The lowest BCUT2D eigenvalue weighted by Gasteiger charge is -2.11. The van der Waals surface area contributed by atoms with E-state index in [0.717, 1.165) is 12.8 Å². The molecule has 0 unspecified atom stereocenters. The minimum Gasteiger partial charge on any atom is -0.372 e. The van der Waals surface area contributed by atoms with Crippen molar-refractivity contribution in [3.05, 3.63) is 0 Å². The number of nitrogens with one attached hydrogen (secondary N) is 1. The van der Waals surface area contributed by atoms with E-state index in [1.165, 1.54) is 12.8 Å². The van der Waals surface area contributed by atoms with Crippen molar-refractivity contribution in [3.8, 4) is 0 Å². The third-order valence-electron chi connectivity index (χ3n) is 2.16. The molecule has 1 fully saturated rings. The SMILES string of the molecule is CCOCC(=O)NC1CCCC1. The van der Waals surface area contributed by atoms with Crippen LogP contribution in [0, 0.1) is 0 Å². The molecule has 1 amide bonds. The van der Waals surface area contributed by atoms with E-state index < -0.39 is 0 Å². The first kappa shape index (κ1) is 9.52. The van der Waals surface area contributed by atoms with Crippen LogP contribution in [0.3, 0.4) is 0 Å². The molecular formula is C9H17NO2. The summed E-state index contributed by atoms with van der Waals surface area (Å²) in [5.41, 5.74) is 0. The summed E-state index contributed by atoms with van der Waals surface area (Å²) in [4.78, 5) is 11.1. The normalized spacial score (nSPS) is 18.1. The number of hydrogen-bond donors (Lipinski definition) is 1. The predicted molar refractivity (Wildman–Crippen MR) is 46.9 cm³/mol. The van der Waals surface area contributed by atoms with Crippen molar-refractivity contribution in [1.82, 2.24) is 5.32 Å². The zero-order valence-electron chi connectivity index (χ0n) is 7.64. The molecule has 0 aromatic carbocycles. The predicted octanol–water partition coefficient (Wildman–Crippen LogP) is 1.08. The topological polar surface area (TPSA) is 38.3 Å². The molecule has 3 nitrogen and oxygen atoms in total. The van der Waals surface area contributed by atoms with Gasteiger partial charge in [-0.2, -0.15) is 0 Å². The Balaban J connectivity index is 2.08. The van der Waals surface area contributed by atoms with E-state index in [-0.39, 0.29) is 12.5 Å². The average Bonchev–Trinajstić information content (AvgIpc) is 2.53. The van der Waals surface area contributed by atoms with Crippen LogP contribution < -0.4 is 5.32 Å². The lowest BCUT2D eigenvalue weighted by Crippen LogP contribution is -2.35. The second kappa shape index (κ2) is 5.14. The van der Waals surface area contributed by atoms with Crippen molar-refractivity contribution in [2.24, 2.45) is 0 Å². The quantitative estimate of drug-likeness (QED) is 0.687. The Hall–Kier alpha value is -0.570. The van der Waals surface area contributed by atoms with Crippen molar-refractivity contribution in [3.63, 3.8) is 0 Å². The molecule has 1 rings (SSSR count). The van der Waals surface area contributed by atoms with Crippen molar-refractivity contribution in [2.75, 3.05) is 13.2 Å². The van der Waals surface area contributed by atoms with Gasteiger partial charge in [-0.1, -0.05) is 12.8 Å². The highest BCUT2D eigenvalue weighted by atomic mass is 16.5. The van der Waals surface area contributed by atoms with Crippen molar-refractivity contribution in [2.45, 2.75) is 38.6 Å². The van der Waals surface area contributed by atoms with Gasteiger partial charge in [0.25, 0.3) is 0 Å². The monoisotopic (exact) mass is 171 g/mol. The fraction of sp³-hybridized carbons (Fsp3) is 0.889. The number of rotatable bonds is 4. The zero-order valence-corrected chi connectivity index (χ0v) is 7.64. The van der Waals surface area contributed by atoms with Gasteiger partial charge in [0, 0.05) is 12.6 Å². The number of carbonyl (C=O) groups excluding carboxylic acids is 1. The first-order chi connectivity index (χ1) is 5.83. The summed E-state index contributed by atoms with van der Waals surface area (Å²) in [7, 11) is 0. The van der Waals surface area contributed by atoms with Gasteiger partial charge in [-0.3, -0.25) is 4.79 Å². The largest absolute Gasteiger partial charge is 0.372 e. The molecule has 0 radical (unpaired) electrons. The highest BCUT2D eigenvalue weighted by molar-refractivity contribution is 5.77. The number of carbonyl (C=O) groups is 1. The number of ether oxygens (including phenoxy) is 1. The summed E-state index contributed by atoms with van der Waals surface area (Å²) in [5, 5.41) is 2.95. The van der Waals surface area contributed by atoms with E-state index in [1.807, 2.05) is 6.92 Å². The molecule has 3 heteroatoms. The molecule has 0 aromatic heterocycles. The van der Waals surface area contributed by atoms with Crippen LogP contribution >= 0.6 is 0 Å². The van der Waals surface area contributed by atoms with E-state index in [0.29, 0.717) is 12.6 Å². The third kappa shape index (κ3) is 3.22. The maximum atomic E-state index is 11.1. The van der Waals surface area contributed by atoms with E-state index in [2.05, 4.69) is 5.32 Å². The molecule has 70 valence electrons. The molecular weight excluding hydrogens is 154 g/mol. The standard InChI is InChI=1S/C9H17NO2/c1-2-12-7-9(11)10-8-5-3-4-6-8/h8H,2-7H2,1H3,(H,10,11). The Kier molecular flexibility index (Phi) is 4.08. The summed E-state index contributed by atoms with van der Waals surface area (Å²) in [6.07, 6.45) is 4.77. The van der Waals surface area contributed by atoms with Gasteiger partial charge in [0.05, 0.1) is 0 Å². The van der Waals surface area contributed by atoms with Gasteiger partial charge in [-0.15, -0.1) is 0 Å². The van der Waals surface area contributed by atoms with E-state index >= 15 is 0 Å². The molecule has 1 aliphatic rings. The van der Waals surface area contributed by atoms with E-state index in [1.54, 1.807) is 0 Å². The summed E-state index contributed by atoms with van der Waals surface area (Å²) in [5.74, 6) is 0.0313. The highest BCUT2D eigenvalue weighted by Crippen LogP contribution is 2.17. The molecule has 0 spiro atoms.